The van der Waals surface area contributed by atoms with Crippen LogP contribution in [0.3, 0.4) is 0 Å². The van der Waals surface area contributed by atoms with Gasteiger partial charge in [-0.2, -0.15) is 0 Å². The van der Waals surface area contributed by atoms with Crippen LogP contribution in [-0.4, -0.2) is 39.5 Å². The number of thiocarbonyl (C=S) groups is 1. The Balaban J connectivity index is 1.77. The molecule has 1 aromatic carbocycles. The number of ether oxygens (including phenoxy) is 2. The highest BCUT2D eigenvalue weighted by Gasteiger charge is 2.31. The maximum Gasteiger partial charge on any atom is 0.303 e. The summed E-state index contributed by atoms with van der Waals surface area (Å²) >= 11 is 9.85. The van der Waals surface area contributed by atoms with Gasteiger partial charge in [0.05, 0.1) is 9.38 Å². The zero-order valence-electron chi connectivity index (χ0n) is 12.3. The number of hydrogen-bond acceptors (Lipinski definition) is 6. The number of carboxylic acid groups (broad SMARTS) is 1. The highest BCUT2D eigenvalue weighted by molar-refractivity contribution is 9.10. The molecule has 0 saturated carbocycles. The van der Waals surface area contributed by atoms with Gasteiger partial charge in [-0.25, -0.2) is 0 Å². The highest BCUT2D eigenvalue weighted by atomic mass is 79.9. The second-order valence-corrected chi connectivity index (χ2v) is 7.60. The van der Waals surface area contributed by atoms with Gasteiger partial charge in [-0.1, -0.05) is 24.0 Å². The maximum atomic E-state index is 12.4. The third-order valence-electron chi connectivity index (χ3n) is 3.39. The number of aliphatic carboxylic acids is 1. The molecule has 2 heterocycles. The molecule has 1 amide bonds. The molecule has 6 nitrogen and oxygen atoms in total. The minimum Gasteiger partial charge on any atom is -0.481 e. The summed E-state index contributed by atoms with van der Waals surface area (Å²) in [4.78, 5) is 25.0. The molecule has 1 fully saturated rings. The number of thioether (sulfide) groups is 1. The monoisotopic (exact) mass is 429 g/mol. The fourth-order valence-electron chi connectivity index (χ4n) is 2.30. The summed E-state index contributed by atoms with van der Waals surface area (Å²) in [5.74, 6) is 0.173. The summed E-state index contributed by atoms with van der Waals surface area (Å²) < 4.78 is 11.9. The minimum atomic E-state index is -0.888. The molecular formula is C15H12BrNO5S2. The van der Waals surface area contributed by atoms with Crippen LogP contribution < -0.4 is 9.47 Å². The van der Waals surface area contributed by atoms with Crippen molar-refractivity contribution in [3.8, 4) is 11.5 Å². The number of carboxylic acids is 1. The lowest BCUT2D eigenvalue weighted by Gasteiger charge is -2.13. The number of benzene rings is 1. The van der Waals surface area contributed by atoms with Gasteiger partial charge in [-0.05, 0) is 46.1 Å². The molecule has 2 aliphatic rings. The van der Waals surface area contributed by atoms with E-state index in [1.54, 1.807) is 12.1 Å². The summed E-state index contributed by atoms with van der Waals surface area (Å²) in [7, 11) is 0. The Morgan fingerprint density at radius 2 is 2.25 bits per heavy atom. The van der Waals surface area contributed by atoms with Gasteiger partial charge in [0.2, 0.25) is 6.79 Å². The van der Waals surface area contributed by atoms with Crippen molar-refractivity contribution in [2.75, 3.05) is 13.3 Å². The molecule has 0 atom stereocenters. The van der Waals surface area contributed by atoms with Gasteiger partial charge in [0.1, 0.15) is 4.32 Å². The molecule has 0 aromatic heterocycles. The normalized spacial score (nSPS) is 17.9. The standard InChI is InChI=1S/C15H12BrNO5S2/c16-9-4-8(5-10-13(9)22-7-21-10)6-11-14(20)17(15(23)24-11)3-1-2-12(18)19/h4-6H,1-3,7H2,(H,18,19)/b11-6+. The average Bonchev–Trinajstić information content (AvgIpc) is 3.07. The molecular weight excluding hydrogens is 418 g/mol. The molecule has 1 N–H and O–H groups in total. The van der Waals surface area contributed by atoms with Crippen LogP contribution in [-0.2, 0) is 9.59 Å². The molecule has 9 heteroatoms. The van der Waals surface area contributed by atoms with E-state index in [1.807, 2.05) is 6.07 Å². The predicted molar refractivity (Wildman–Crippen MR) is 97.0 cm³/mol. The van der Waals surface area contributed by atoms with E-state index in [1.165, 1.54) is 16.7 Å². The van der Waals surface area contributed by atoms with Crippen LogP contribution in [0.15, 0.2) is 21.5 Å². The van der Waals surface area contributed by atoms with Gasteiger partial charge < -0.3 is 14.6 Å². The second kappa shape index (κ2) is 7.12. The molecule has 0 radical (unpaired) electrons. The number of carbonyl (C=O) groups is 2. The van der Waals surface area contributed by atoms with Crippen molar-refractivity contribution in [1.29, 1.82) is 0 Å². The lowest BCUT2D eigenvalue weighted by molar-refractivity contribution is -0.137. The zero-order chi connectivity index (χ0) is 17.3. The van der Waals surface area contributed by atoms with Crippen LogP contribution in [0.1, 0.15) is 18.4 Å². The molecule has 126 valence electrons. The van der Waals surface area contributed by atoms with E-state index in [4.69, 9.17) is 26.8 Å². The van der Waals surface area contributed by atoms with Crippen molar-refractivity contribution in [2.45, 2.75) is 12.8 Å². The lowest BCUT2D eigenvalue weighted by atomic mass is 10.2. The fourth-order valence-corrected chi connectivity index (χ4v) is 4.19. The third kappa shape index (κ3) is 3.57. The first-order valence-corrected chi connectivity index (χ1v) is 9.04. The quantitative estimate of drug-likeness (QED) is 0.568. The summed E-state index contributed by atoms with van der Waals surface area (Å²) in [6, 6.07) is 3.63. The van der Waals surface area contributed by atoms with Gasteiger partial charge in [0, 0.05) is 13.0 Å². The van der Waals surface area contributed by atoms with Crippen molar-refractivity contribution >= 4 is 62.2 Å². The van der Waals surface area contributed by atoms with Crippen LogP contribution >= 0.6 is 39.9 Å². The number of nitrogens with zero attached hydrogens (tertiary/aromatic N) is 1. The molecule has 1 aromatic rings. The Morgan fingerprint density at radius 1 is 1.46 bits per heavy atom. The Bertz CT molecular complexity index is 764. The minimum absolute atomic E-state index is 0.00517. The van der Waals surface area contributed by atoms with Gasteiger partial charge in [-0.3, -0.25) is 14.5 Å². The van der Waals surface area contributed by atoms with Crippen LogP contribution in [0, 0.1) is 0 Å². The Morgan fingerprint density at radius 3 is 3.00 bits per heavy atom. The largest absolute Gasteiger partial charge is 0.481 e. The Kier molecular flexibility index (Phi) is 5.12. The van der Waals surface area contributed by atoms with Crippen LogP contribution in [0.25, 0.3) is 6.08 Å². The van der Waals surface area contributed by atoms with Crippen molar-refractivity contribution in [3.63, 3.8) is 0 Å². The first-order chi connectivity index (χ1) is 11.5. The smallest absolute Gasteiger partial charge is 0.303 e. The highest BCUT2D eigenvalue weighted by Crippen LogP contribution is 2.41. The van der Waals surface area contributed by atoms with E-state index in [0.717, 1.165) is 10.0 Å². The zero-order valence-corrected chi connectivity index (χ0v) is 15.5. The Hall–Kier alpha value is -1.58. The average molecular weight is 430 g/mol. The van der Waals surface area contributed by atoms with Crippen LogP contribution in [0.4, 0.5) is 0 Å². The van der Waals surface area contributed by atoms with E-state index < -0.39 is 5.97 Å². The fraction of sp³-hybridized carbons (Fsp3) is 0.267. The molecule has 0 aliphatic carbocycles. The van der Waals surface area contributed by atoms with Crippen molar-refractivity contribution in [3.05, 3.63) is 27.1 Å². The van der Waals surface area contributed by atoms with E-state index >= 15 is 0 Å². The number of rotatable bonds is 5. The third-order valence-corrected chi connectivity index (χ3v) is 5.36. The Labute approximate surface area is 155 Å². The second-order valence-electron chi connectivity index (χ2n) is 5.07. The van der Waals surface area contributed by atoms with Gasteiger partial charge >= 0.3 is 5.97 Å². The van der Waals surface area contributed by atoms with Gasteiger partial charge in [0.25, 0.3) is 5.91 Å². The molecule has 24 heavy (non-hydrogen) atoms. The molecule has 1 saturated heterocycles. The van der Waals surface area contributed by atoms with Crippen molar-refractivity contribution < 1.29 is 24.2 Å². The van der Waals surface area contributed by atoms with Gasteiger partial charge in [-0.15, -0.1) is 0 Å². The summed E-state index contributed by atoms with van der Waals surface area (Å²) in [6.45, 7) is 0.474. The molecule has 0 unspecified atom stereocenters. The first-order valence-electron chi connectivity index (χ1n) is 7.02. The summed E-state index contributed by atoms with van der Waals surface area (Å²) in [5, 5.41) is 8.69. The van der Waals surface area contributed by atoms with Gasteiger partial charge in [0.15, 0.2) is 11.5 Å². The van der Waals surface area contributed by atoms with Crippen molar-refractivity contribution in [2.24, 2.45) is 0 Å². The summed E-state index contributed by atoms with van der Waals surface area (Å²) in [5.41, 5.74) is 0.789. The number of halogens is 1. The van der Waals surface area contributed by atoms with Crippen LogP contribution in [0.2, 0.25) is 0 Å². The molecule has 0 bridgehead atoms. The van der Waals surface area contributed by atoms with Crippen LogP contribution in [0.5, 0.6) is 11.5 Å². The van der Waals surface area contributed by atoms with E-state index in [-0.39, 0.29) is 19.1 Å². The lowest BCUT2D eigenvalue weighted by Crippen LogP contribution is -2.29. The molecule has 3 rings (SSSR count). The maximum absolute atomic E-state index is 12.4. The van der Waals surface area contributed by atoms with Crippen molar-refractivity contribution in [1.82, 2.24) is 4.90 Å². The van der Waals surface area contributed by atoms with E-state index in [2.05, 4.69) is 15.9 Å². The summed E-state index contributed by atoms with van der Waals surface area (Å²) in [6.07, 6.45) is 2.11. The first kappa shape index (κ1) is 17.2. The SMILES string of the molecule is O=C(O)CCCN1C(=O)/C(=C\c2cc(Br)c3c(c2)OCO3)SC1=S. The topological polar surface area (TPSA) is 76.1 Å². The molecule has 2 aliphatic heterocycles. The number of fused-ring (bicyclic) bond motifs is 1. The van der Waals surface area contributed by atoms with E-state index in [0.29, 0.717) is 33.7 Å². The number of amides is 1. The molecule has 0 spiro atoms. The predicted octanol–water partition coefficient (Wildman–Crippen LogP) is 3.24. The number of carbonyl (C=O) groups excluding carboxylic acids is 1. The number of hydrogen-bond donors (Lipinski definition) is 1. The van der Waals surface area contributed by atoms with E-state index in [9.17, 15) is 9.59 Å².